The first-order chi connectivity index (χ1) is 8.25. The lowest BCUT2D eigenvalue weighted by Crippen LogP contribution is -2.27. The van der Waals surface area contributed by atoms with Gasteiger partial charge in [-0.3, -0.25) is 9.78 Å². The molecule has 2 aromatic rings. The van der Waals surface area contributed by atoms with Crippen molar-refractivity contribution in [3.05, 3.63) is 60.2 Å². The second kappa shape index (κ2) is 5.07. The largest absolute Gasteiger partial charge is 0.379 e. The van der Waals surface area contributed by atoms with Gasteiger partial charge in [-0.1, -0.05) is 6.07 Å². The number of hydrogen-bond acceptors (Lipinski definition) is 3. The van der Waals surface area contributed by atoms with Gasteiger partial charge in [-0.15, -0.1) is 0 Å². The molecular formula is C12H9FN2O2. The van der Waals surface area contributed by atoms with E-state index in [1.165, 1.54) is 30.5 Å². The Kier molecular flexibility index (Phi) is 3.30. The van der Waals surface area contributed by atoms with Gasteiger partial charge in [0.1, 0.15) is 11.5 Å². The first-order valence-corrected chi connectivity index (χ1v) is 4.89. The molecule has 0 aliphatic heterocycles. The lowest BCUT2D eigenvalue weighted by atomic mass is 10.3. The van der Waals surface area contributed by atoms with Crippen molar-refractivity contribution in [2.24, 2.45) is 0 Å². The van der Waals surface area contributed by atoms with E-state index in [4.69, 9.17) is 4.84 Å². The van der Waals surface area contributed by atoms with Crippen LogP contribution in [0.5, 0.6) is 5.75 Å². The minimum absolute atomic E-state index is 0.245. The number of aromatic nitrogens is 1. The van der Waals surface area contributed by atoms with E-state index in [9.17, 15) is 9.18 Å². The summed E-state index contributed by atoms with van der Waals surface area (Å²) in [5, 5.41) is 0. The summed E-state index contributed by atoms with van der Waals surface area (Å²) in [4.78, 5) is 20.3. The molecule has 2 rings (SSSR count). The number of hydrogen-bond donors (Lipinski definition) is 1. The molecule has 5 heteroatoms. The third-order valence-corrected chi connectivity index (χ3v) is 1.97. The smallest absolute Gasteiger partial charge is 0.302 e. The van der Waals surface area contributed by atoms with Gasteiger partial charge in [-0.2, -0.15) is 5.48 Å². The standard InChI is InChI=1S/C12H9FN2O2/c13-9-4-6-10(7-5-9)17-15-12(16)11-3-1-2-8-14-11/h1-8H,(H,15,16). The van der Waals surface area contributed by atoms with Crippen LogP contribution in [0.4, 0.5) is 4.39 Å². The summed E-state index contributed by atoms with van der Waals surface area (Å²) in [7, 11) is 0. The molecule has 0 radical (unpaired) electrons. The Hall–Kier alpha value is -2.43. The van der Waals surface area contributed by atoms with Gasteiger partial charge in [-0.25, -0.2) is 4.39 Å². The van der Waals surface area contributed by atoms with Gasteiger partial charge in [0.2, 0.25) is 0 Å². The summed E-state index contributed by atoms with van der Waals surface area (Å²) in [6.07, 6.45) is 1.51. The fourth-order valence-electron chi connectivity index (χ4n) is 1.16. The Morgan fingerprint density at radius 2 is 1.94 bits per heavy atom. The zero-order chi connectivity index (χ0) is 12.1. The molecule has 4 nitrogen and oxygen atoms in total. The summed E-state index contributed by atoms with van der Waals surface area (Å²) in [6.45, 7) is 0. The van der Waals surface area contributed by atoms with E-state index in [0.29, 0.717) is 5.75 Å². The zero-order valence-electron chi connectivity index (χ0n) is 8.76. The average Bonchev–Trinajstić information content (AvgIpc) is 2.39. The number of hydroxylamine groups is 1. The number of amides is 1. The van der Waals surface area contributed by atoms with Gasteiger partial charge in [0, 0.05) is 6.20 Å². The summed E-state index contributed by atoms with van der Waals surface area (Å²) in [6, 6.07) is 10.3. The first kappa shape index (κ1) is 11.1. The van der Waals surface area contributed by atoms with Gasteiger partial charge in [-0.05, 0) is 36.4 Å². The fourth-order valence-corrected chi connectivity index (χ4v) is 1.16. The van der Waals surface area contributed by atoms with Gasteiger partial charge >= 0.3 is 5.91 Å². The number of halogens is 1. The molecule has 1 aromatic carbocycles. The van der Waals surface area contributed by atoms with Crippen LogP contribution in [0.3, 0.4) is 0 Å². The third kappa shape index (κ3) is 3.01. The maximum atomic E-state index is 12.6. The summed E-state index contributed by atoms with van der Waals surface area (Å²) < 4.78 is 12.6. The molecule has 1 amide bonds. The monoisotopic (exact) mass is 232 g/mol. The van der Waals surface area contributed by atoms with Crippen LogP contribution in [0.15, 0.2) is 48.7 Å². The van der Waals surface area contributed by atoms with Crippen molar-refractivity contribution in [1.82, 2.24) is 10.5 Å². The van der Waals surface area contributed by atoms with Gasteiger partial charge in [0.05, 0.1) is 0 Å². The van der Waals surface area contributed by atoms with Crippen LogP contribution < -0.4 is 10.3 Å². The van der Waals surface area contributed by atoms with Crippen molar-refractivity contribution < 1.29 is 14.0 Å². The van der Waals surface area contributed by atoms with E-state index < -0.39 is 5.91 Å². The quantitative estimate of drug-likeness (QED) is 0.823. The van der Waals surface area contributed by atoms with Crippen LogP contribution in [-0.2, 0) is 0 Å². The highest BCUT2D eigenvalue weighted by Gasteiger charge is 2.06. The highest BCUT2D eigenvalue weighted by Crippen LogP contribution is 2.09. The van der Waals surface area contributed by atoms with E-state index in [0.717, 1.165) is 0 Å². The van der Waals surface area contributed by atoms with Crippen LogP contribution >= 0.6 is 0 Å². The zero-order valence-corrected chi connectivity index (χ0v) is 8.76. The highest BCUT2D eigenvalue weighted by molar-refractivity contribution is 5.91. The first-order valence-electron chi connectivity index (χ1n) is 4.89. The number of pyridine rings is 1. The molecule has 0 aliphatic carbocycles. The second-order valence-electron chi connectivity index (χ2n) is 3.20. The predicted molar refractivity (Wildman–Crippen MR) is 58.7 cm³/mol. The topological polar surface area (TPSA) is 51.2 Å². The molecule has 1 heterocycles. The van der Waals surface area contributed by atoms with Gasteiger partial charge in [0.15, 0.2) is 5.75 Å². The Morgan fingerprint density at radius 1 is 1.18 bits per heavy atom. The molecule has 0 fully saturated rings. The van der Waals surface area contributed by atoms with Crippen molar-refractivity contribution in [2.75, 3.05) is 0 Å². The number of rotatable bonds is 3. The molecule has 0 aliphatic rings. The maximum absolute atomic E-state index is 12.6. The molecule has 0 unspecified atom stereocenters. The number of nitrogens with zero attached hydrogens (tertiary/aromatic N) is 1. The molecular weight excluding hydrogens is 223 g/mol. The van der Waals surface area contributed by atoms with Crippen LogP contribution in [0.2, 0.25) is 0 Å². The molecule has 17 heavy (non-hydrogen) atoms. The molecule has 86 valence electrons. The fraction of sp³-hybridized carbons (Fsp3) is 0. The van der Waals surface area contributed by atoms with E-state index >= 15 is 0 Å². The molecule has 0 atom stereocenters. The van der Waals surface area contributed by atoms with E-state index in [1.54, 1.807) is 18.2 Å². The van der Waals surface area contributed by atoms with Crippen molar-refractivity contribution in [3.8, 4) is 5.75 Å². The Morgan fingerprint density at radius 3 is 2.59 bits per heavy atom. The summed E-state index contributed by atoms with van der Waals surface area (Å²) >= 11 is 0. The molecule has 0 spiro atoms. The summed E-state index contributed by atoms with van der Waals surface area (Å²) in [5.74, 6) is -0.487. The lowest BCUT2D eigenvalue weighted by Gasteiger charge is -2.05. The maximum Gasteiger partial charge on any atom is 0.302 e. The SMILES string of the molecule is O=C(NOc1ccc(F)cc1)c1ccccn1. The van der Waals surface area contributed by atoms with E-state index in [-0.39, 0.29) is 11.5 Å². The Balaban J connectivity index is 1.95. The lowest BCUT2D eigenvalue weighted by molar-refractivity contribution is 0.0754. The van der Waals surface area contributed by atoms with Crippen LogP contribution in [0.1, 0.15) is 10.5 Å². The van der Waals surface area contributed by atoms with Crippen LogP contribution in [0, 0.1) is 5.82 Å². The van der Waals surface area contributed by atoms with Gasteiger partial charge in [0.25, 0.3) is 0 Å². The van der Waals surface area contributed by atoms with Crippen LogP contribution in [0.25, 0.3) is 0 Å². The Labute approximate surface area is 97.0 Å². The molecule has 1 aromatic heterocycles. The predicted octanol–water partition coefficient (Wildman–Crippen LogP) is 1.94. The van der Waals surface area contributed by atoms with Crippen molar-refractivity contribution in [1.29, 1.82) is 0 Å². The van der Waals surface area contributed by atoms with E-state index in [1.807, 2.05) is 0 Å². The number of carbonyl (C=O) groups excluding carboxylic acids is 1. The molecule has 1 N–H and O–H groups in total. The number of nitrogens with one attached hydrogen (secondary N) is 1. The highest BCUT2D eigenvalue weighted by atomic mass is 19.1. The van der Waals surface area contributed by atoms with E-state index in [2.05, 4.69) is 10.5 Å². The van der Waals surface area contributed by atoms with Crippen molar-refractivity contribution in [3.63, 3.8) is 0 Å². The number of benzene rings is 1. The van der Waals surface area contributed by atoms with Gasteiger partial charge < -0.3 is 4.84 Å². The number of carbonyl (C=O) groups is 1. The molecule has 0 saturated carbocycles. The van der Waals surface area contributed by atoms with Crippen LogP contribution in [-0.4, -0.2) is 10.9 Å². The van der Waals surface area contributed by atoms with Crippen molar-refractivity contribution >= 4 is 5.91 Å². The minimum Gasteiger partial charge on any atom is -0.379 e. The minimum atomic E-state index is -0.463. The molecule has 0 saturated heterocycles. The summed E-state index contributed by atoms with van der Waals surface area (Å²) in [5.41, 5.74) is 2.46. The Bertz CT molecular complexity index is 500. The second-order valence-corrected chi connectivity index (χ2v) is 3.20. The average molecular weight is 232 g/mol. The van der Waals surface area contributed by atoms with Crippen molar-refractivity contribution in [2.45, 2.75) is 0 Å². The third-order valence-electron chi connectivity index (χ3n) is 1.97. The molecule has 0 bridgehead atoms. The normalized spacial score (nSPS) is 9.71.